The SMILES string of the molecule is CCOc1cccc([C@@H]2c3cccn3-c3c(c(C)nn3-c3ccccc3)CN2C(=O)Nc2cc(C)cc(C)c2)c1. The molecule has 0 saturated heterocycles. The number of carbonyl (C=O) groups excluding carboxylic acids is 1. The number of carbonyl (C=O) groups is 1. The van der Waals surface area contributed by atoms with Crippen molar-refractivity contribution in [3.05, 3.63) is 125 Å². The fourth-order valence-electron chi connectivity index (χ4n) is 5.68. The summed E-state index contributed by atoms with van der Waals surface area (Å²) in [7, 11) is 0. The fourth-order valence-corrected chi connectivity index (χ4v) is 5.68. The molecule has 0 unspecified atom stereocenters. The number of aryl methyl sites for hydroxylation is 3. The van der Waals surface area contributed by atoms with Crippen LogP contribution in [0, 0.1) is 20.8 Å². The molecule has 7 nitrogen and oxygen atoms in total. The topological polar surface area (TPSA) is 64.3 Å². The number of benzene rings is 3. The van der Waals surface area contributed by atoms with Gasteiger partial charge in [0.1, 0.15) is 11.6 Å². The average Bonchev–Trinajstić information content (AvgIpc) is 3.49. The van der Waals surface area contributed by atoms with Gasteiger partial charge in [0.05, 0.1) is 36.3 Å². The Morgan fingerprint density at radius 2 is 1.73 bits per heavy atom. The molecule has 0 radical (unpaired) electrons. The van der Waals surface area contributed by atoms with Crippen molar-refractivity contribution in [2.75, 3.05) is 11.9 Å². The van der Waals surface area contributed by atoms with Crippen LogP contribution >= 0.6 is 0 Å². The normalized spacial score (nSPS) is 14.3. The molecule has 0 bridgehead atoms. The second kappa shape index (κ2) is 10.4. The molecular formula is C33H33N5O2. The molecule has 202 valence electrons. The van der Waals surface area contributed by atoms with Crippen LogP contribution in [-0.2, 0) is 6.54 Å². The molecule has 0 spiro atoms. The summed E-state index contributed by atoms with van der Waals surface area (Å²) in [6.45, 7) is 9.02. The van der Waals surface area contributed by atoms with Crippen LogP contribution in [-0.4, -0.2) is 31.9 Å². The van der Waals surface area contributed by atoms with Crippen molar-refractivity contribution in [2.45, 2.75) is 40.3 Å². The van der Waals surface area contributed by atoms with Crippen LogP contribution in [0.3, 0.4) is 0 Å². The molecule has 0 fully saturated rings. The number of aromatic nitrogens is 3. The number of hydrogen-bond acceptors (Lipinski definition) is 3. The van der Waals surface area contributed by atoms with Crippen LogP contribution in [0.25, 0.3) is 11.5 Å². The third-order valence-electron chi connectivity index (χ3n) is 7.31. The van der Waals surface area contributed by atoms with Gasteiger partial charge in [0.2, 0.25) is 0 Å². The number of nitrogens with one attached hydrogen (secondary N) is 1. The molecule has 7 heteroatoms. The van der Waals surface area contributed by atoms with E-state index in [9.17, 15) is 4.79 Å². The Labute approximate surface area is 234 Å². The highest BCUT2D eigenvalue weighted by atomic mass is 16.5. The highest BCUT2D eigenvalue weighted by Gasteiger charge is 2.36. The number of para-hydroxylation sites is 1. The van der Waals surface area contributed by atoms with Crippen LogP contribution in [0.2, 0.25) is 0 Å². The first-order valence-electron chi connectivity index (χ1n) is 13.6. The molecule has 3 heterocycles. The Balaban J connectivity index is 1.53. The van der Waals surface area contributed by atoms with Gasteiger partial charge in [-0.1, -0.05) is 36.4 Å². The first-order chi connectivity index (χ1) is 19.4. The lowest BCUT2D eigenvalue weighted by Crippen LogP contribution is -2.38. The number of amides is 2. The number of rotatable bonds is 5. The molecule has 2 aromatic heterocycles. The molecule has 1 aliphatic heterocycles. The summed E-state index contributed by atoms with van der Waals surface area (Å²) in [4.78, 5) is 16.1. The van der Waals surface area contributed by atoms with Crippen molar-refractivity contribution in [3.63, 3.8) is 0 Å². The van der Waals surface area contributed by atoms with E-state index in [1.54, 1.807) is 0 Å². The highest BCUT2D eigenvalue weighted by Crippen LogP contribution is 2.39. The van der Waals surface area contributed by atoms with E-state index in [1.807, 2.05) is 104 Å². The summed E-state index contributed by atoms with van der Waals surface area (Å²) in [5.74, 6) is 1.72. The van der Waals surface area contributed by atoms with Gasteiger partial charge in [-0.25, -0.2) is 9.48 Å². The quantitative estimate of drug-likeness (QED) is 0.263. The molecule has 1 aliphatic rings. The van der Waals surface area contributed by atoms with Gasteiger partial charge < -0.3 is 19.5 Å². The Bertz CT molecular complexity index is 1660. The van der Waals surface area contributed by atoms with Crippen LogP contribution in [0.4, 0.5) is 10.5 Å². The maximum Gasteiger partial charge on any atom is 0.322 e. The zero-order chi connectivity index (χ0) is 27.8. The van der Waals surface area contributed by atoms with E-state index in [-0.39, 0.29) is 12.1 Å². The molecule has 0 aliphatic carbocycles. The number of ether oxygens (including phenoxy) is 1. The maximum atomic E-state index is 14.2. The van der Waals surface area contributed by atoms with Gasteiger partial charge >= 0.3 is 6.03 Å². The molecule has 0 saturated carbocycles. The Kier molecular flexibility index (Phi) is 6.64. The number of nitrogens with zero attached hydrogens (tertiary/aromatic N) is 4. The second-order valence-corrected chi connectivity index (χ2v) is 10.3. The standard InChI is InChI=1S/C33H33N5O2/c1-5-40-28-14-9-11-25(20-28)31-30-15-10-16-36(30)32-29(24(4)35-38(32)27-12-7-6-8-13-27)21-37(31)33(39)34-26-18-22(2)17-23(3)19-26/h6-20,31H,5,21H2,1-4H3,(H,34,39)/t31-/m1/s1. The highest BCUT2D eigenvalue weighted by molar-refractivity contribution is 5.90. The zero-order valence-corrected chi connectivity index (χ0v) is 23.3. The van der Waals surface area contributed by atoms with E-state index in [0.29, 0.717) is 13.2 Å². The predicted molar refractivity (Wildman–Crippen MR) is 158 cm³/mol. The van der Waals surface area contributed by atoms with Crippen molar-refractivity contribution >= 4 is 11.7 Å². The van der Waals surface area contributed by atoms with E-state index in [2.05, 4.69) is 34.3 Å². The first-order valence-corrected chi connectivity index (χ1v) is 13.6. The first kappa shape index (κ1) is 25.5. The van der Waals surface area contributed by atoms with E-state index in [4.69, 9.17) is 9.84 Å². The summed E-state index contributed by atoms with van der Waals surface area (Å²) < 4.78 is 10.0. The third kappa shape index (κ3) is 4.64. The van der Waals surface area contributed by atoms with Gasteiger partial charge in [-0.05, 0) is 92.9 Å². The zero-order valence-electron chi connectivity index (χ0n) is 23.3. The van der Waals surface area contributed by atoms with Crippen LogP contribution in [0.1, 0.15) is 46.6 Å². The van der Waals surface area contributed by atoms with E-state index in [1.165, 1.54) is 0 Å². The average molecular weight is 532 g/mol. The van der Waals surface area contributed by atoms with Crippen molar-refractivity contribution < 1.29 is 9.53 Å². The summed E-state index contributed by atoms with van der Waals surface area (Å²) >= 11 is 0. The lowest BCUT2D eigenvalue weighted by molar-refractivity contribution is 0.194. The minimum absolute atomic E-state index is 0.177. The van der Waals surface area contributed by atoms with E-state index >= 15 is 0 Å². The molecule has 2 amide bonds. The minimum atomic E-state index is -0.364. The van der Waals surface area contributed by atoms with Crippen molar-refractivity contribution in [2.24, 2.45) is 0 Å². The van der Waals surface area contributed by atoms with Crippen molar-refractivity contribution in [3.8, 4) is 17.3 Å². The molecule has 5 aromatic rings. The number of anilines is 1. The maximum absolute atomic E-state index is 14.2. The largest absolute Gasteiger partial charge is 0.494 e. The fraction of sp³-hybridized carbons (Fsp3) is 0.212. The Hall–Kier alpha value is -4.78. The predicted octanol–water partition coefficient (Wildman–Crippen LogP) is 7.12. The molecule has 1 N–H and O–H groups in total. The van der Waals surface area contributed by atoms with Crippen LogP contribution < -0.4 is 10.1 Å². The van der Waals surface area contributed by atoms with E-state index < -0.39 is 0 Å². The Morgan fingerprint density at radius 1 is 0.950 bits per heavy atom. The molecule has 3 aromatic carbocycles. The van der Waals surface area contributed by atoms with Gasteiger partial charge in [-0.15, -0.1) is 0 Å². The summed E-state index contributed by atoms with van der Waals surface area (Å²) in [5.41, 5.74) is 7.78. The summed E-state index contributed by atoms with van der Waals surface area (Å²) in [5, 5.41) is 8.13. The minimum Gasteiger partial charge on any atom is -0.494 e. The lowest BCUT2D eigenvalue weighted by atomic mass is 10.0. The second-order valence-electron chi connectivity index (χ2n) is 10.3. The molecular weight excluding hydrogens is 498 g/mol. The number of urea groups is 1. The van der Waals surface area contributed by atoms with Gasteiger partial charge in [-0.3, -0.25) is 0 Å². The third-order valence-corrected chi connectivity index (χ3v) is 7.31. The van der Waals surface area contributed by atoms with E-state index in [0.717, 1.165) is 56.6 Å². The van der Waals surface area contributed by atoms with Crippen LogP contribution in [0.5, 0.6) is 5.75 Å². The smallest absolute Gasteiger partial charge is 0.322 e. The van der Waals surface area contributed by atoms with Crippen LogP contribution in [0.15, 0.2) is 91.1 Å². The van der Waals surface area contributed by atoms with Gasteiger partial charge in [0.25, 0.3) is 0 Å². The van der Waals surface area contributed by atoms with Gasteiger partial charge in [-0.2, -0.15) is 5.10 Å². The summed E-state index contributed by atoms with van der Waals surface area (Å²) in [6, 6.07) is 27.8. The van der Waals surface area contributed by atoms with Crippen molar-refractivity contribution in [1.29, 1.82) is 0 Å². The van der Waals surface area contributed by atoms with Crippen molar-refractivity contribution in [1.82, 2.24) is 19.2 Å². The summed E-state index contributed by atoms with van der Waals surface area (Å²) in [6.07, 6.45) is 2.06. The monoisotopic (exact) mass is 531 g/mol. The van der Waals surface area contributed by atoms with Gasteiger partial charge in [0, 0.05) is 17.4 Å². The number of fused-ring (bicyclic) bond motifs is 3. The molecule has 40 heavy (non-hydrogen) atoms. The van der Waals surface area contributed by atoms with Gasteiger partial charge in [0.15, 0.2) is 0 Å². The lowest BCUT2D eigenvalue weighted by Gasteiger charge is -2.31. The number of hydrogen-bond donors (Lipinski definition) is 1. The Morgan fingerprint density at radius 3 is 2.48 bits per heavy atom. The molecule has 6 rings (SSSR count). The molecule has 1 atom stereocenters.